The van der Waals surface area contributed by atoms with Crippen molar-refractivity contribution in [2.24, 2.45) is 0 Å². The maximum Gasteiger partial charge on any atom is 0.145 e. The van der Waals surface area contributed by atoms with Crippen LogP contribution in [0.15, 0.2) is 18.2 Å². The summed E-state index contributed by atoms with van der Waals surface area (Å²) in [5.41, 5.74) is 0.831. The second-order valence-corrected chi connectivity index (χ2v) is 5.47. The predicted octanol–water partition coefficient (Wildman–Crippen LogP) is 2.65. The van der Waals surface area contributed by atoms with Crippen LogP contribution >= 0.6 is 0 Å². The number of carbonyl (C=O) groups excluding carboxylic acids is 1. The van der Waals surface area contributed by atoms with Crippen molar-refractivity contribution in [3.8, 4) is 11.5 Å². The van der Waals surface area contributed by atoms with Crippen LogP contribution in [0.2, 0.25) is 0 Å². The lowest BCUT2D eigenvalue weighted by molar-refractivity contribution is -0.121. The average Bonchev–Trinajstić information content (AvgIpc) is 2.37. The molecular weight excluding hydrogens is 242 g/mol. The highest BCUT2D eigenvalue weighted by Gasteiger charge is 2.35. The Morgan fingerprint density at radius 3 is 2.53 bits per heavy atom. The lowest BCUT2D eigenvalue weighted by atomic mass is 9.89. The molecule has 1 fully saturated rings. The largest absolute Gasteiger partial charge is 0.497 e. The van der Waals surface area contributed by atoms with Gasteiger partial charge in [-0.2, -0.15) is 0 Å². The molecule has 4 nitrogen and oxygen atoms in total. The van der Waals surface area contributed by atoms with Crippen molar-refractivity contribution in [2.75, 3.05) is 25.7 Å². The van der Waals surface area contributed by atoms with Crippen molar-refractivity contribution < 1.29 is 14.3 Å². The zero-order valence-electron chi connectivity index (χ0n) is 12.0. The summed E-state index contributed by atoms with van der Waals surface area (Å²) in [5, 5.41) is 0. The van der Waals surface area contributed by atoms with E-state index < -0.39 is 0 Å². The van der Waals surface area contributed by atoms with Crippen LogP contribution in [0, 0.1) is 0 Å². The normalized spacial score (nSPS) is 18.3. The zero-order chi connectivity index (χ0) is 14.0. The van der Waals surface area contributed by atoms with Crippen LogP contribution in [0.5, 0.6) is 11.5 Å². The maximum absolute atomic E-state index is 11.6. The average molecular weight is 263 g/mol. The van der Waals surface area contributed by atoms with Crippen molar-refractivity contribution in [3.05, 3.63) is 18.2 Å². The number of Topliss-reactive ketones (excluding diaryl/α,β-unsaturated/α-hetero) is 1. The summed E-state index contributed by atoms with van der Waals surface area (Å²) in [7, 11) is 3.29. The predicted molar refractivity (Wildman–Crippen MR) is 75.2 cm³/mol. The minimum atomic E-state index is -0.183. The Labute approximate surface area is 114 Å². The fourth-order valence-electron chi connectivity index (χ4n) is 2.66. The van der Waals surface area contributed by atoms with Crippen molar-refractivity contribution in [3.63, 3.8) is 0 Å². The van der Waals surface area contributed by atoms with Crippen molar-refractivity contribution in [1.82, 2.24) is 0 Å². The first-order chi connectivity index (χ1) is 8.97. The number of nitrogens with zero attached hydrogens (tertiary/aromatic N) is 1. The van der Waals surface area contributed by atoms with Gasteiger partial charge in [0.1, 0.15) is 17.3 Å². The Morgan fingerprint density at radius 1 is 1.21 bits per heavy atom. The molecule has 0 bridgehead atoms. The molecule has 0 radical (unpaired) electrons. The van der Waals surface area contributed by atoms with Crippen LogP contribution in [0.3, 0.4) is 0 Å². The summed E-state index contributed by atoms with van der Waals surface area (Å²) in [6.07, 6.45) is 1.17. The number of benzene rings is 1. The molecule has 1 aromatic rings. The van der Waals surface area contributed by atoms with E-state index in [0.717, 1.165) is 23.7 Å². The number of rotatable bonds is 3. The molecule has 0 spiro atoms. The molecule has 1 aromatic carbocycles. The maximum atomic E-state index is 11.6. The standard InChI is InChI=1S/C15H21NO3/c1-15(2)10-11(17)7-8-16(15)13-6-5-12(18-3)9-14(13)19-4/h5-6,9H,7-8,10H2,1-4H3. The Kier molecular flexibility index (Phi) is 3.69. The molecule has 0 amide bonds. The molecule has 2 rings (SSSR count). The first kappa shape index (κ1) is 13.7. The van der Waals surface area contributed by atoms with Crippen molar-refractivity contribution >= 4 is 11.5 Å². The highest BCUT2D eigenvalue weighted by Crippen LogP contribution is 2.38. The van der Waals surface area contributed by atoms with Gasteiger partial charge in [0, 0.05) is 31.0 Å². The minimum Gasteiger partial charge on any atom is -0.497 e. The molecule has 104 valence electrons. The monoisotopic (exact) mass is 263 g/mol. The number of carbonyl (C=O) groups is 1. The SMILES string of the molecule is COc1ccc(N2CCC(=O)CC2(C)C)c(OC)c1. The van der Waals surface area contributed by atoms with E-state index >= 15 is 0 Å². The van der Waals surface area contributed by atoms with Gasteiger partial charge in [-0.05, 0) is 26.0 Å². The third kappa shape index (κ3) is 2.67. The third-order valence-electron chi connectivity index (χ3n) is 3.65. The summed E-state index contributed by atoms with van der Waals surface area (Å²) in [5.74, 6) is 1.88. The second kappa shape index (κ2) is 5.11. The van der Waals surface area contributed by atoms with E-state index in [1.807, 2.05) is 18.2 Å². The number of anilines is 1. The molecule has 1 heterocycles. The van der Waals surface area contributed by atoms with Crippen LogP contribution in [-0.2, 0) is 4.79 Å². The van der Waals surface area contributed by atoms with E-state index in [9.17, 15) is 4.79 Å². The zero-order valence-corrected chi connectivity index (χ0v) is 12.0. The van der Waals surface area contributed by atoms with Gasteiger partial charge in [0.05, 0.1) is 19.9 Å². The molecule has 19 heavy (non-hydrogen) atoms. The first-order valence-corrected chi connectivity index (χ1v) is 6.49. The summed E-state index contributed by atoms with van der Waals surface area (Å²) in [4.78, 5) is 13.9. The summed E-state index contributed by atoms with van der Waals surface area (Å²) in [6, 6.07) is 5.79. The van der Waals surface area contributed by atoms with Gasteiger partial charge in [-0.3, -0.25) is 4.79 Å². The molecule has 4 heteroatoms. The Hall–Kier alpha value is -1.71. The second-order valence-electron chi connectivity index (χ2n) is 5.47. The van der Waals surface area contributed by atoms with Crippen LogP contribution in [-0.4, -0.2) is 32.1 Å². The van der Waals surface area contributed by atoms with Gasteiger partial charge in [-0.25, -0.2) is 0 Å². The van der Waals surface area contributed by atoms with Gasteiger partial charge in [0.25, 0.3) is 0 Å². The lowest BCUT2D eigenvalue weighted by Gasteiger charge is -2.43. The van der Waals surface area contributed by atoms with Crippen molar-refractivity contribution in [2.45, 2.75) is 32.2 Å². The number of hydrogen-bond acceptors (Lipinski definition) is 4. The number of piperidine rings is 1. The van der Waals surface area contributed by atoms with Crippen LogP contribution in [0.4, 0.5) is 5.69 Å². The molecule has 0 aliphatic carbocycles. The third-order valence-corrected chi connectivity index (χ3v) is 3.65. The quantitative estimate of drug-likeness (QED) is 0.840. The Balaban J connectivity index is 2.38. The van der Waals surface area contributed by atoms with E-state index in [4.69, 9.17) is 9.47 Å². The van der Waals surface area contributed by atoms with Gasteiger partial charge in [-0.15, -0.1) is 0 Å². The molecule has 0 saturated carbocycles. The molecule has 0 unspecified atom stereocenters. The smallest absolute Gasteiger partial charge is 0.145 e. The molecule has 0 N–H and O–H groups in total. The van der Waals surface area contributed by atoms with Gasteiger partial charge in [0.2, 0.25) is 0 Å². The topological polar surface area (TPSA) is 38.8 Å². The number of ether oxygens (including phenoxy) is 2. The molecule has 1 aliphatic rings. The van der Waals surface area contributed by atoms with Crippen LogP contribution in [0.25, 0.3) is 0 Å². The van der Waals surface area contributed by atoms with Crippen LogP contribution in [0.1, 0.15) is 26.7 Å². The highest BCUT2D eigenvalue weighted by molar-refractivity contribution is 5.83. The molecular formula is C15H21NO3. The van der Waals surface area contributed by atoms with Gasteiger partial charge < -0.3 is 14.4 Å². The van der Waals surface area contributed by atoms with E-state index in [1.54, 1.807) is 14.2 Å². The fourth-order valence-corrected chi connectivity index (χ4v) is 2.66. The molecule has 0 atom stereocenters. The fraction of sp³-hybridized carbons (Fsp3) is 0.533. The van der Waals surface area contributed by atoms with E-state index in [2.05, 4.69) is 18.7 Å². The Bertz CT molecular complexity index is 482. The Morgan fingerprint density at radius 2 is 1.95 bits per heavy atom. The summed E-state index contributed by atoms with van der Waals surface area (Å²) < 4.78 is 10.7. The van der Waals surface area contributed by atoms with E-state index in [-0.39, 0.29) is 5.54 Å². The van der Waals surface area contributed by atoms with Crippen LogP contribution < -0.4 is 14.4 Å². The van der Waals surface area contributed by atoms with Gasteiger partial charge >= 0.3 is 0 Å². The lowest BCUT2D eigenvalue weighted by Crippen LogP contribution is -2.50. The number of methoxy groups -OCH3 is 2. The van der Waals surface area contributed by atoms with E-state index in [0.29, 0.717) is 18.6 Å². The summed E-state index contributed by atoms with van der Waals surface area (Å²) >= 11 is 0. The number of ketones is 1. The first-order valence-electron chi connectivity index (χ1n) is 6.49. The molecule has 1 aliphatic heterocycles. The van der Waals surface area contributed by atoms with Crippen molar-refractivity contribution in [1.29, 1.82) is 0 Å². The summed E-state index contributed by atoms with van der Waals surface area (Å²) in [6.45, 7) is 4.91. The molecule has 1 saturated heterocycles. The highest BCUT2D eigenvalue weighted by atomic mass is 16.5. The van der Waals surface area contributed by atoms with E-state index in [1.165, 1.54) is 0 Å². The van der Waals surface area contributed by atoms with Gasteiger partial charge in [-0.1, -0.05) is 0 Å². The number of hydrogen-bond donors (Lipinski definition) is 0. The minimum absolute atomic E-state index is 0.183. The van der Waals surface area contributed by atoms with Gasteiger partial charge in [0.15, 0.2) is 0 Å². The molecule has 0 aromatic heterocycles.